The Bertz CT molecular complexity index is 1280. The third-order valence-electron chi connectivity index (χ3n) is 10.7. The normalized spacial score (nSPS) is 12.2. The monoisotopic (exact) mass is 997 g/mol. The number of methoxy groups -OCH3 is 2. The SMILES string of the molecule is C=C/C(=C\C(OC)=C(/COC)OC(=O)CCCN(CCCC(=O)OC(CC)CCCCCC)CCCC(=O)OC(CCCCCC)CCCCCCC)C(=O)OCCCN(C)C.CC.CCC.CCC. The topological polar surface area (TPSA) is 130 Å². The summed E-state index contributed by atoms with van der Waals surface area (Å²) in [5, 5.41) is 0. The van der Waals surface area contributed by atoms with Crippen molar-refractivity contribution in [2.24, 2.45) is 0 Å². The molecule has 0 N–H and O–H groups in total. The molecular weight excluding hydrogens is 885 g/mol. The molecule has 0 saturated carbocycles. The van der Waals surface area contributed by atoms with Crippen molar-refractivity contribution < 1.29 is 47.6 Å². The lowest BCUT2D eigenvalue weighted by Gasteiger charge is -2.23. The van der Waals surface area contributed by atoms with E-state index in [1.807, 2.05) is 32.8 Å². The first-order chi connectivity index (χ1) is 33.8. The maximum absolute atomic E-state index is 13.2. The van der Waals surface area contributed by atoms with Crippen LogP contribution in [0.15, 0.2) is 35.8 Å². The largest absolute Gasteiger partial charge is 0.493 e. The number of allylic oxidation sites excluding steroid dienone is 1. The number of esters is 4. The summed E-state index contributed by atoms with van der Waals surface area (Å²) in [6.07, 6.45) is 26.9. The fourth-order valence-electron chi connectivity index (χ4n) is 7.04. The van der Waals surface area contributed by atoms with E-state index in [1.54, 1.807) is 0 Å². The average Bonchev–Trinajstić information content (AvgIpc) is 3.33. The van der Waals surface area contributed by atoms with Gasteiger partial charge in [0.25, 0.3) is 0 Å². The Morgan fingerprint density at radius 1 is 0.557 bits per heavy atom. The Hall–Kier alpha value is -3.22. The molecule has 0 aliphatic rings. The average molecular weight is 998 g/mol. The van der Waals surface area contributed by atoms with Crippen LogP contribution in [0.2, 0.25) is 0 Å². The van der Waals surface area contributed by atoms with Crippen LogP contribution in [-0.4, -0.2) is 114 Å². The minimum atomic E-state index is -0.564. The van der Waals surface area contributed by atoms with Crippen LogP contribution in [0.4, 0.5) is 0 Å². The van der Waals surface area contributed by atoms with Gasteiger partial charge in [0.15, 0.2) is 11.5 Å². The van der Waals surface area contributed by atoms with E-state index < -0.39 is 11.9 Å². The molecule has 12 heteroatoms. The van der Waals surface area contributed by atoms with Crippen LogP contribution in [0.1, 0.15) is 236 Å². The van der Waals surface area contributed by atoms with Gasteiger partial charge in [0, 0.05) is 32.9 Å². The highest BCUT2D eigenvalue weighted by atomic mass is 16.6. The zero-order valence-electron chi connectivity index (χ0n) is 48.1. The minimum absolute atomic E-state index is 0.0332. The van der Waals surface area contributed by atoms with Gasteiger partial charge in [-0.1, -0.05) is 159 Å². The molecule has 0 spiro atoms. The van der Waals surface area contributed by atoms with E-state index in [0.717, 1.165) is 64.3 Å². The van der Waals surface area contributed by atoms with Crippen molar-refractivity contribution in [3.8, 4) is 0 Å². The first kappa shape index (κ1) is 73.3. The second-order valence-corrected chi connectivity index (χ2v) is 18.1. The van der Waals surface area contributed by atoms with Gasteiger partial charge in [0.1, 0.15) is 18.8 Å². The molecule has 2 unspecified atom stereocenters. The highest BCUT2D eigenvalue weighted by Crippen LogP contribution is 2.19. The molecule has 0 aromatic carbocycles. The lowest BCUT2D eigenvalue weighted by atomic mass is 10.0. The highest BCUT2D eigenvalue weighted by molar-refractivity contribution is 5.92. The van der Waals surface area contributed by atoms with Gasteiger partial charge in [-0.15, -0.1) is 0 Å². The second-order valence-electron chi connectivity index (χ2n) is 18.1. The molecule has 0 aliphatic carbocycles. The summed E-state index contributed by atoms with van der Waals surface area (Å²) in [5.41, 5.74) is 0.154. The van der Waals surface area contributed by atoms with E-state index in [1.165, 1.54) is 90.6 Å². The molecule has 0 aliphatic heterocycles. The number of carbonyl (C=O) groups excluding carboxylic acids is 4. The van der Waals surface area contributed by atoms with Crippen LogP contribution in [0.3, 0.4) is 0 Å². The van der Waals surface area contributed by atoms with Gasteiger partial charge in [0.05, 0.1) is 19.3 Å². The second kappa shape index (κ2) is 56.7. The van der Waals surface area contributed by atoms with Gasteiger partial charge >= 0.3 is 23.9 Å². The van der Waals surface area contributed by atoms with E-state index >= 15 is 0 Å². The number of carbonyl (C=O) groups is 4. The predicted octanol–water partition coefficient (Wildman–Crippen LogP) is 14.7. The smallest absolute Gasteiger partial charge is 0.338 e. The molecule has 0 amide bonds. The fourth-order valence-corrected chi connectivity index (χ4v) is 7.04. The van der Waals surface area contributed by atoms with E-state index in [-0.39, 0.29) is 60.9 Å². The summed E-state index contributed by atoms with van der Waals surface area (Å²) in [6, 6.07) is 0. The predicted molar refractivity (Wildman–Crippen MR) is 293 cm³/mol. The Morgan fingerprint density at radius 2 is 0.986 bits per heavy atom. The molecule has 414 valence electrons. The number of rotatable bonds is 42. The third-order valence-corrected chi connectivity index (χ3v) is 10.7. The Balaban J connectivity index is -0.00000254. The van der Waals surface area contributed by atoms with Crippen LogP contribution in [-0.2, 0) is 47.6 Å². The van der Waals surface area contributed by atoms with Gasteiger partial charge in [-0.05, 0) is 110 Å². The van der Waals surface area contributed by atoms with Crippen molar-refractivity contribution in [3.63, 3.8) is 0 Å². The van der Waals surface area contributed by atoms with Crippen LogP contribution in [0.5, 0.6) is 0 Å². The van der Waals surface area contributed by atoms with Crippen molar-refractivity contribution in [1.29, 1.82) is 0 Å². The van der Waals surface area contributed by atoms with E-state index in [0.29, 0.717) is 58.2 Å². The Kier molecular flexibility index (Phi) is 59.4. The molecule has 0 aromatic rings. The first-order valence-corrected chi connectivity index (χ1v) is 28.0. The van der Waals surface area contributed by atoms with Crippen LogP contribution in [0, 0.1) is 0 Å². The van der Waals surface area contributed by atoms with Crippen molar-refractivity contribution in [2.75, 3.05) is 67.7 Å². The number of nitrogens with zero attached hydrogens (tertiary/aromatic N) is 2. The number of hydrogen-bond donors (Lipinski definition) is 0. The van der Waals surface area contributed by atoms with Gasteiger partial charge in [-0.2, -0.15) is 0 Å². The van der Waals surface area contributed by atoms with E-state index in [2.05, 4.69) is 66.9 Å². The quantitative estimate of drug-likeness (QED) is 0.0144. The maximum atomic E-state index is 13.2. The Morgan fingerprint density at radius 3 is 1.40 bits per heavy atom. The molecule has 0 radical (unpaired) electrons. The highest BCUT2D eigenvalue weighted by Gasteiger charge is 2.19. The number of ether oxygens (including phenoxy) is 6. The molecule has 70 heavy (non-hydrogen) atoms. The summed E-state index contributed by atoms with van der Waals surface area (Å²) in [7, 11) is 6.79. The van der Waals surface area contributed by atoms with Crippen molar-refractivity contribution in [2.45, 2.75) is 248 Å². The first-order valence-electron chi connectivity index (χ1n) is 28.0. The van der Waals surface area contributed by atoms with Crippen molar-refractivity contribution in [3.05, 3.63) is 35.8 Å². The summed E-state index contributed by atoms with van der Waals surface area (Å²) >= 11 is 0. The summed E-state index contributed by atoms with van der Waals surface area (Å²) in [6.45, 7) is 27.7. The van der Waals surface area contributed by atoms with E-state index in [9.17, 15) is 19.2 Å². The Labute approximate surface area is 431 Å². The molecule has 0 heterocycles. The molecule has 0 fully saturated rings. The van der Waals surface area contributed by atoms with Crippen molar-refractivity contribution in [1.82, 2.24) is 9.80 Å². The van der Waals surface area contributed by atoms with Gasteiger partial charge in [-0.25, -0.2) is 4.79 Å². The molecule has 0 rings (SSSR count). The molecule has 12 nitrogen and oxygen atoms in total. The number of unbranched alkanes of at least 4 members (excludes halogenated alkanes) is 10. The molecular formula is C58H112N2O10. The van der Waals surface area contributed by atoms with Crippen LogP contribution >= 0.6 is 0 Å². The zero-order chi connectivity index (χ0) is 53.6. The molecule has 0 bridgehead atoms. The standard InChI is InChI=1S/C50H90N2O10.2C3H8.C2H6/c1-10-15-18-21-24-31-44(30-23-20-17-12-3)61-48(54)33-26-37-52(36-25-32-47(53)60-43(14-5)29-22-19-16-11-2)38-27-34-49(55)62-46(41-57-8)45(58-9)40-42(13-4)50(56)59-39-28-35-51(6)7;2*1-3-2;1-2/h13,40,43-44H,4,10-12,14-39,41H2,1-3,5-9H3;2*3H2,1-2H3;1-2H3/b42-40+,46-45-;;;. The third kappa shape index (κ3) is 48.4. The fraction of sp³-hybridized carbons (Fsp3) is 0.828. The van der Waals surface area contributed by atoms with Crippen molar-refractivity contribution >= 4 is 23.9 Å². The van der Waals surface area contributed by atoms with E-state index in [4.69, 9.17) is 28.4 Å². The zero-order valence-corrected chi connectivity index (χ0v) is 48.1. The minimum Gasteiger partial charge on any atom is -0.493 e. The van der Waals surface area contributed by atoms with Gasteiger partial charge in [0.2, 0.25) is 0 Å². The maximum Gasteiger partial charge on any atom is 0.338 e. The summed E-state index contributed by atoms with van der Waals surface area (Å²) in [4.78, 5) is 56.1. The lowest BCUT2D eigenvalue weighted by molar-refractivity contribution is -0.150. The molecule has 0 aromatic heterocycles. The summed E-state index contributed by atoms with van der Waals surface area (Å²) in [5.74, 6) is -1.13. The van der Waals surface area contributed by atoms with Gasteiger partial charge in [-0.3, -0.25) is 14.4 Å². The molecule has 0 saturated heterocycles. The molecule has 2 atom stereocenters. The van der Waals surface area contributed by atoms with Crippen LogP contribution < -0.4 is 0 Å². The van der Waals surface area contributed by atoms with Crippen LogP contribution in [0.25, 0.3) is 0 Å². The number of hydrogen-bond acceptors (Lipinski definition) is 12. The van der Waals surface area contributed by atoms with Gasteiger partial charge < -0.3 is 38.2 Å². The summed E-state index contributed by atoms with van der Waals surface area (Å²) < 4.78 is 33.8. The lowest BCUT2D eigenvalue weighted by Crippen LogP contribution is -2.29.